The van der Waals surface area contributed by atoms with Crippen molar-refractivity contribution in [3.8, 4) is 51.0 Å². The summed E-state index contributed by atoms with van der Waals surface area (Å²) < 4.78 is 7.37. The standard InChI is InChI=1S/C51H30N4S2/c1-3-14-31(15-4-1)49-52-50(54-51(53-49)39-23-13-27-45-47(39)38-19-8-10-25-42(38)56-45)32-28-29-43-40(30-32)46-35(20-12-26-44(46)57-43)37-22-11-21-36-34-18-7-9-24-41(34)55(48(36)37)33-16-5-2-6-17-33/h1-30H. The number of rotatable bonds is 5. The monoisotopic (exact) mass is 762 g/mol. The summed E-state index contributed by atoms with van der Waals surface area (Å²) >= 11 is 3.63. The number of thiophene rings is 2. The SMILES string of the molecule is c1ccc(-c2nc(-c3ccc4sc5cccc(-c6cccc7c8ccccc8n(-c8ccccc8)c67)c5c4c3)nc(-c3cccc4sc5ccccc5c34)n2)cc1. The van der Waals surface area contributed by atoms with Gasteiger partial charge in [0.05, 0.1) is 11.0 Å². The Labute approximate surface area is 335 Å². The van der Waals surface area contributed by atoms with Crippen molar-refractivity contribution in [2.45, 2.75) is 0 Å². The van der Waals surface area contributed by atoms with Crippen LogP contribution < -0.4 is 0 Å². The molecular weight excluding hydrogens is 733 g/mol. The molecule has 0 unspecified atom stereocenters. The first kappa shape index (κ1) is 32.3. The molecule has 4 heterocycles. The third-order valence-corrected chi connectivity index (χ3v) is 13.3. The number of fused-ring (bicyclic) bond motifs is 9. The van der Waals surface area contributed by atoms with Crippen LogP contribution in [-0.2, 0) is 0 Å². The van der Waals surface area contributed by atoms with E-state index in [9.17, 15) is 0 Å². The summed E-state index contributed by atoms with van der Waals surface area (Å²) in [5, 5.41) is 7.31. The van der Waals surface area contributed by atoms with E-state index in [0.29, 0.717) is 17.5 Å². The lowest BCUT2D eigenvalue weighted by molar-refractivity contribution is 1.08. The first-order valence-electron chi connectivity index (χ1n) is 19.0. The minimum atomic E-state index is 0.653. The fraction of sp³-hybridized carbons (Fsp3) is 0. The van der Waals surface area contributed by atoms with Gasteiger partial charge in [0.2, 0.25) is 0 Å². The fourth-order valence-electron chi connectivity index (χ4n) is 8.57. The third-order valence-electron chi connectivity index (χ3n) is 11.1. The molecule has 57 heavy (non-hydrogen) atoms. The highest BCUT2D eigenvalue weighted by atomic mass is 32.1. The molecule has 0 amide bonds. The molecule has 0 aliphatic carbocycles. The number of hydrogen-bond acceptors (Lipinski definition) is 5. The van der Waals surface area contributed by atoms with E-state index in [1.54, 1.807) is 11.3 Å². The lowest BCUT2D eigenvalue weighted by atomic mass is 9.96. The van der Waals surface area contributed by atoms with Crippen molar-refractivity contribution in [1.82, 2.24) is 19.5 Å². The summed E-state index contributed by atoms with van der Waals surface area (Å²) in [5.74, 6) is 1.98. The molecule has 0 atom stereocenters. The molecule has 0 aliphatic heterocycles. The predicted octanol–water partition coefficient (Wildman–Crippen LogP) is 14.4. The van der Waals surface area contributed by atoms with Crippen molar-refractivity contribution in [2.75, 3.05) is 0 Å². The minimum absolute atomic E-state index is 0.653. The zero-order valence-electron chi connectivity index (χ0n) is 30.4. The molecule has 0 N–H and O–H groups in total. The molecule has 4 nitrogen and oxygen atoms in total. The van der Waals surface area contributed by atoms with Crippen LogP contribution in [0.3, 0.4) is 0 Å². The zero-order valence-corrected chi connectivity index (χ0v) is 32.1. The van der Waals surface area contributed by atoms with Gasteiger partial charge in [-0.05, 0) is 60.2 Å². The Balaban J connectivity index is 1.10. The van der Waals surface area contributed by atoms with Gasteiger partial charge in [0.15, 0.2) is 17.5 Å². The summed E-state index contributed by atoms with van der Waals surface area (Å²) in [6.07, 6.45) is 0. The van der Waals surface area contributed by atoms with Crippen molar-refractivity contribution < 1.29 is 0 Å². The van der Waals surface area contributed by atoms with Gasteiger partial charge in [0.25, 0.3) is 0 Å². The van der Waals surface area contributed by atoms with Crippen LogP contribution in [-0.4, -0.2) is 19.5 Å². The van der Waals surface area contributed by atoms with Crippen molar-refractivity contribution in [2.24, 2.45) is 0 Å². The Kier molecular flexibility index (Phi) is 7.24. The summed E-state index contributed by atoms with van der Waals surface area (Å²) in [7, 11) is 0. The van der Waals surface area contributed by atoms with Crippen molar-refractivity contribution in [3.63, 3.8) is 0 Å². The summed E-state index contributed by atoms with van der Waals surface area (Å²) in [4.78, 5) is 15.6. The summed E-state index contributed by atoms with van der Waals surface area (Å²) in [5.41, 5.74) is 8.88. The predicted molar refractivity (Wildman–Crippen MR) is 242 cm³/mol. The first-order valence-corrected chi connectivity index (χ1v) is 20.7. The van der Waals surface area contributed by atoms with E-state index in [-0.39, 0.29) is 0 Å². The van der Waals surface area contributed by atoms with Gasteiger partial charge < -0.3 is 4.57 Å². The topological polar surface area (TPSA) is 43.6 Å². The quantitative estimate of drug-likeness (QED) is 0.175. The maximum atomic E-state index is 5.28. The van der Waals surface area contributed by atoms with Gasteiger partial charge in [-0.15, -0.1) is 22.7 Å². The highest BCUT2D eigenvalue weighted by molar-refractivity contribution is 7.26. The van der Waals surface area contributed by atoms with Crippen LogP contribution in [0.25, 0.3) is 113 Å². The average Bonchev–Trinajstić information content (AvgIpc) is 3.96. The Morgan fingerprint density at radius 3 is 1.72 bits per heavy atom. The van der Waals surface area contributed by atoms with Gasteiger partial charge >= 0.3 is 0 Å². The van der Waals surface area contributed by atoms with E-state index in [1.807, 2.05) is 29.5 Å². The van der Waals surface area contributed by atoms with E-state index in [4.69, 9.17) is 15.0 Å². The maximum Gasteiger partial charge on any atom is 0.164 e. The van der Waals surface area contributed by atoms with E-state index in [2.05, 4.69) is 168 Å². The molecule has 0 bridgehead atoms. The van der Waals surface area contributed by atoms with Gasteiger partial charge in [-0.3, -0.25) is 0 Å². The maximum absolute atomic E-state index is 5.28. The molecule has 0 saturated carbocycles. The van der Waals surface area contributed by atoms with Gasteiger partial charge in [0.1, 0.15) is 0 Å². The van der Waals surface area contributed by atoms with Crippen molar-refractivity contribution in [1.29, 1.82) is 0 Å². The Bertz CT molecular complexity index is 3530. The molecule has 4 aromatic heterocycles. The van der Waals surface area contributed by atoms with Gasteiger partial charge in [-0.2, -0.15) is 0 Å². The molecule has 266 valence electrons. The summed E-state index contributed by atoms with van der Waals surface area (Å²) in [6.45, 7) is 0. The van der Waals surface area contributed by atoms with Gasteiger partial charge in [-0.25, -0.2) is 15.0 Å². The molecular formula is C51H30N4S2. The van der Waals surface area contributed by atoms with Gasteiger partial charge in [-0.1, -0.05) is 127 Å². The Morgan fingerprint density at radius 2 is 0.912 bits per heavy atom. The van der Waals surface area contributed by atoms with Crippen molar-refractivity contribution in [3.05, 3.63) is 182 Å². The van der Waals surface area contributed by atoms with E-state index in [1.165, 1.54) is 73.3 Å². The highest BCUT2D eigenvalue weighted by Crippen LogP contribution is 2.45. The summed E-state index contributed by atoms with van der Waals surface area (Å²) in [6, 6.07) is 64.9. The lowest BCUT2D eigenvalue weighted by Crippen LogP contribution is -2.00. The van der Waals surface area contributed by atoms with Crippen LogP contribution in [0.15, 0.2) is 182 Å². The normalized spacial score (nSPS) is 11.9. The molecule has 0 aliphatic rings. The Hall–Kier alpha value is -6.99. The van der Waals surface area contributed by atoms with Crippen LogP contribution >= 0.6 is 22.7 Å². The smallest absolute Gasteiger partial charge is 0.164 e. The molecule has 12 rings (SSSR count). The molecule has 0 spiro atoms. The van der Waals surface area contributed by atoms with E-state index < -0.39 is 0 Å². The number of para-hydroxylation sites is 3. The van der Waals surface area contributed by atoms with Gasteiger partial charge in [0, 0.05) is 79.1 Å². The average molecular weight is 763 g/mol. The molecule has 0 saturated heterocycles. The molecule has 12 aromatic rings. The van der Waals surface area contributed by atoms with Crippen LogP contribution in [0.5, 0.6) is 0 Å². The second-order valence-corrected chi connectivity index (χ2v) is 16.5. The first-order chi connectivity index (χ1) is 28.3. The zero-order chi connectivity index (χ0) is 37.5. The van der Waals surface area contributed by atoms with Crippen LogP contribution in [0.4, 0.5) is 0 Å². The molecule has 0 fully saturated rings. The van der Waals surface area contributed by atoms with E-state index in [0.717, 1.165) is 22.4 Å². The van der Waals surface area contributed by atoms with Crippen LogP contribution in [0.2, 0.25) is 0 Å². The highest BCUT2D eigenvalue weighted by Gasteiger charge is 2.21. The van der Waals surface area contributed by atoms with E-state index >= 15 is 0 Å². The van der Waals surface area contributed by atoms with Crippen molar-refractivity contribution >= 4 is 84.8 Å². The second kappa shape index (κ2) is 12.8. The Morgan fingerprint density at radius 1 is 0.351 bits per heavy atom. The number of nitrogens with zero attached hydrogens (tertiary/aromatic N) is 4. The number of aromatic nitrogens is 4. The fourth-order valence-corrected chi connectivity index (χ4v) is 10.8. The molecule has 8 aromatic carbocycles. The largest absolute Gasteiger partial charge is 0.309 e. The molecule has 6 heteroatoms. The van der Waals surface area contributed by atoms with Crippen LogP contribution in [0.1, 0.15) is 0 Å². The van der Waals surface area contributed by atoms with Crippen LogP contribution in [0, 0.1) is 0 Å². The lowest BCUT2D eigenvalue weighted by Gasteiger charge is -2.13. The minimum Gasteiger partial charge on any atom is -0.309 e. The number of benzene rings is 8. The second-order valence-electron chi connectivity index (χ2n) is 14.3. The number of hydrogen-bond donors (Lipinski definition) is 0. The third kappa shape index (κ3) is 5.08. The molecule has 0 radical (unpaired) electrons.